The van der Waals surface area contributed by atoms with Crippen LogP contribution in [0.5, 0.6) is 0 Å². The predicted octanol–water partition coefficient (Wildman–Crippen LogP) is 2.22. The molecule has 0 spiro atoms. The Morgan fingerprint density at radius 3 is 2.60 bits per heavy atom. The van der Waals surface area contributed by atoms with Crippen molar-refractivity contribution in [3.05, 3.63) is 35.9 Å². The van der Waals surface area contributed by atoms with E-state index in [1.165, 1.54) is 12.1 Å². The first-order valence-electron chi connectivity index (χ1n) is 6.86. The van der Waals surface area contributed by atoms with Crippen LogP contribution in [-0.4, -0.2) is 42.8 Å². The zero-order valence-corrected chi connectivity index (χ0v) is 12.0. The highest BCUT2D eigenvalue weighted by atomic mass is 19.3. The van der Waals surface area contributed by atoms with Crippen molar-refractivity contribution in [1.82, 2.24) is 4.90 Å². The van der Waals surface area contributed by atoms with Crippen molar-refractivity contribution in [3.63, 3.8) is 0 Å². The fourth-order valence-corrected chi connectivity index (χ4v) is 2.71. The summed E-state index contributed by atoms with van der Waals surface area (Å²) in [4.78, 5) is 1.74. The molecule has 1 unspecified atom stereocenters. The minimum Gasteiger partial charge on any atom is -0.368 e. The summed E-state index contributed by atoms with van der Waals surface area (Å²) in [6.45, 7) is 4.77. The molecule has 0 bridgehead atoms. The van der Waals surface area contributed by atoms with E-state index in [-0.39, 0.29) is 18.2 Å². The number of hydrogen-bond donors (Lipinski definition) is 1. The molecule has 1 aliphatic heterocycles. The molecule has 20 heavy (non-hydrogen) atoms. The van der Waals surface area contributed by atoms with Gasteiger partial charge in [-0.2, -0.15) is 8.78 Å². The number of halogens is 2. The summed E-state index contributed by atoms with van der Waals surface area (Å²) >= 11 is 0. The molecule has 112 valence electrons. The Morgan fingerprint density at radius 2 is 2.00 bits per heavy atom. The lowest BCUT2D eigenvalue weighted by molar-refractivity contribution is -0.151. The van der Waals surface area contributed by atoms with Crippen LogP contribution in [0.15, 0.2) is 30.3 Å². The van der Waals surface area contributed by atoms with Crippen molar-refractivity contribution in [1.29, 1.82) is 0 Å². The molecule has 1 saturated heterocycles. The van der Waals surface area contributed by atoms with Gasteiger partial charge in [0.05, 0.1) is 18.2 Å². The van der Waals surface area contributed by atoms with E-state index in [1.807, 2.05) is 13.8 Å². The van der Waals surface area contributed by atoms with Crippen molar-refractivity contribution in [2.45, 2.75) is 31.5 Å². The predicted molar refractivity (Wildman–Crippen MR) is 74.8 cm³/mol. The van der Waals surface area contributed by atoms with Gasteiger partial charge >= 0.3 is 0 Å². The third-order valence-corrected chi connectivity index (χ3v) is 3.43. The molecule has 0 aliphatic carbocycles. The van der Waals surface area contributed by atoms with Crippen molar-refractivity contribution in [2.24, 2.45) is 5.73 Å². The fourth-order valence-electron chi connectivity index (χ4n) is 2.71. The molecule has 1 atom stereocenters. The molecule has 2 N–H and O–H groups in total. The fraction of sp³-hybridized carbons (Fsp3) is 0.600. The van der Waals surface area contributed by atoms with Crippen molar-refractivity contribution in [2.75, 3.05) is 26.2 Å². The van der Waals surface area contributed by atoms with Gasteiger partial charge in [0.2, 0.25) is 0 Å². The highest BCUT2D eigenvalue weighted by Gasteiger charge is 2.39. The Hall–Kier alpha value is -1.04. The lowest BCUT2D eigenvalue weighted by atomic mass is 10.0. The summed E-state index contributed by atoms with van der Waals surface area (Å²) in [5.41, 5.74) is 5.22. The van der Waals surface area contributed by atoms with Crippen molar-refractivity contribution >= 4 is 0 Å². The number of rotatable bonds is 4. The third-order valence-electron chi connectivity index (χ3n) is 3.43. The molecule has 0 aromatic heterocycles. The van der Waals surface area contributed by atoms with Crippen LogP contribution in [-0.2, 0) is 10.7 Å². The molecule has 3 nitrogen and oxygen atoms in total. The number of nitrogens with zero attached hydrogens (tertiary/aromatic N) is 1. The van der Waals surface area contributed by atoms with Crippen LogP contribution in [0.3, 0.4) is 0 Å². The number of alkyl halides is 2. The van der Waals surface area contributed by atoms with Gasteiger partial charge in [0, 0.05) is 25.2 Å². The van der Waals surface area contributed by atoms with Crippen LogP contribution in [0, 0.1) is 0 Å². The summed E-state index contributed by atoms with van der Waals surface area (Å²) in [7, 11) is 0. The summed E-state index contributed by atoms with van der Waals surface area (Å²) < 4.78 is 34.4. The third kappa shape index (κ3) is 3.75. The van der Waals surface area contributed by atoms with Gasteiger partial charge in [-0.25, -0.2) is 0 Å². The summed E-state index contributed by atoms with van der Waals surface area (Å²) in [6.07, 6.45) is -0.190. The highest BCUT2D eigenvalue weighted by molar-refractivity contribution is 5.20. The van der Waals surface area contributed by atoms with Crippen molar-refractivity contribution in [3.8, 4) is 0 Å². The Balaban J connectivity index is 2.08. The summed E-state index contributed by atoms with van der Waals surface area (Å²) in [5, 5.41) is 0. The monoisotopic (exact) mass is 284 g/mol. The van der Waals surface area contributed by atoms with Crippen LogP contribution in [0.25, 0.3) is 0 Å². The lowest BCUT2D eigenvalue weighted by Crippen LogP contribution is -2.56. The number of morpholine rings is 1. The molecule has 1 aliphatic rings. The maximum atomic E-state index is 14.3. The van der Waals surface area contributed by atoms with Crippen molar-refractivity contribution < 1.29 is 13.5 Å². The van der Waals surface area contributed by atoms with Gasteiger partial charge in [0.25, 0.3) is 5.92 Å². The van der Waals surface area contributed by atoms with Gasteiger partial charge in [-0.3, -0.25) is 4.90 Å². The molecule has 1 aromatic rings. The van der Waals surface area contributed by atoms with E-state index in [2.05, 4.69) is 0 Å². The van der Waals surface area contributed by atoms with E-state index >= 15 is 0 Å². The second-order valence-corrected chi connectivity index (χ2v) is 5.98. The minimum absolute atomic E-state index is 0.0496. The Labute approximate surface area is 118 Å². The molecule has 5 heteroatoms. The van der Waals surface area contributed by atoms with E-state index in [9.17, 15) is 8.78 Å². The highest BCUT2D eigenvalue weighted by Crippen LogP contribution is 2.31. The maximum Gasteiger partial charge on any atom is 0.285 e. The van der Waals surface area contributed by atoms with E-state index < -0.39 is 11.5 Å². The average Bonchev–Trinajstić information content (AvgIpc) is 2.37. The van der Waals surface area contributed by atoms with Gasteiger partial charge in [0.1, 0.15) is 0 Å². The van der Waals surface area contributed by atoms with Crippen LogP contribution in [0.4, 0.5) is 8.78 Å². The molecule has 1 fully saturated rings. The first-order chi connectivity index (χ1) is 9.32. The molecule has 0 amide bonds. The van der Waals surface area contributed by atoms with E-state index in [0.29, 0.717) is 19.6 Å². The van der Waals surface area contributed by atoms with E-state index in [4.69, 9.17) is 10.5 Å². The molecule has 2 rings (SSSR count). The van der Waals surface area contributed by atoms with E-state index in [0.717, 1.165) is 0 Å². The average molecular weight is 284 g/mol. The number of benzene rings is 1. The molecule has 0 radical (unpaired) electrons. The first kappa shape index (κ1) is 15.4. The summed E-state index contributed by atoms with van der Waals surface area (Å²) in [5.74, 6) is -2.87. The minimum atomic E-state index is -2.87. The lowest BCUT2D eigenvalue weighted by Gasteiger charge is -2.43. The van der Waals surface area contributed by atoms with Gasteiger partial charge in [-0.1, -0.05) is 30.3 Å². The number of ether oxygens (including phenoxy) is 1. The SMILES string of the molecule is CC1(C)CN(CC(F)(F)c2ccccc2)CC(CN)O1. The van der Waals surface area contributed by atoms with Gasteiger partial charge in [-0.15, -0.1) is 0 Å². The Morgan fingerprint density at radius 1 is 1.35 bits per heavy atom. The molecular weight excluding hydrogens is 262 g/mol. The number of hydrogen-bond acceptors (Lipinski definition) is 3. The Kier molecular flexibility index (Phi) is 4.42. The van der Waals surface area contributed by atoms with Crippen LogP contribution >= 0.6 is 0 Å². The maximum absolute atomic E-state index is 14.3. The zero-order valence-electron chi connectivity index (χ0n) is 12.0. The van der Waals surface area contributed by atoms with Crippen LogP contribution in [0.1, 0.15) is 19.4 Å². The Bertz CT molecular complexity index is 437. The standard InChI is InChI=1S/C15H22F2N2O/c1-14(2)10-19(9-13(8-18)20-14)11-15(16,17)12-6-4-3-5-7-12/h3-7,13H,8-11,18H2,1-2H3. The number of nitrogens with two attached hydrogens (primary N) is 1. The van der Waals surface area contributed by atoms with Gasteiger partial charge in [-0.05, 0) is 13.8 Å². The van der Waals surface area contributed by atoms with E-state index in [1.54, 1.807) is 23.1 Å². The van der Waals surface area contributed by atoms with Gasteiger partial charge in [0.15, 0.2) is 0 Å². The topological polar surface area (TPSA) is 38.5 Å². The van der Waals surface area contributed by atoms with Gasteiger partial charge < -0.3 is 10.5 Å². The quantitative estimate of drug-likeness (QED) is 0.921. The first-order valence-corrected chi connectivity index (χ1v) is 6.86. The largest absolute Gasteiger partial charge is 0.368 e. The molecule has 1 heterocycles. The second-order valence-electron chi connectivity index (χ2n) is 5.98. The van der Waals surface area contributed by atoms with Crippen LogP contribution < -0.4 is 5.73 Å². The summed E-state index contributed by atoms with van der Waals surface area (Å²) in [6, 6.07) is 7.93. The molecule has 1 aromatic carbocycles. The molecule has 0 saturated carbocycles. The molecular formula is C15H22F2N2O. The smallest absolute Gasteiger partial charge is 0.285 e. The van der Waals surface area contributed by atoms with Crippen LogP contribution in [0.2, 0.25) is 0 Å². The second kappa shape index (κ2) is 5.76. The zero-order chi connectivity index (χ0) is 14.8. The normalized spacial score (nSPS) is 23.8.